The zero-order valence-electron chi connectivity index (χ0n) is 17.8. The van der Waals surface area contributed by atoms with E-state index < -0.39 is 36.6 Å². The van der Waals surface area contributed by atoms with Crippen LogP contribution in [0, 0.1) is 0 Å². The summed E-state index contributed by atoms with van der Waals surface area (Å²) in [5.74, 6) is 0. The molecule has 0 spiro atoms. The lowest BCUT2D eigenvalue weighted by Crippen LogP contribution is -2.65. The molecular weight excluding hydrogens is 384 g/mol. The third-order valence-electron chi connectivity index (χ3n) is 5.92. The molecule has 1 aromatic rings. The van der Waals surface area contributed by atoms with E-state index in [1.807, 2.05) is 30.3 Å². The Balaban J connectivity index is 1.52. The number of ether oxygens (including phenoxy) is 2. The third-order valence-corrected chi connectivity index (χ3v) is 5.92. The minimum absolute atomic E-state index is 0.292. The van der Waals surface area contributed by atoms with E-state index >= 15 is 0 Å². The number of amidine groups is 1. The third kappa shape index (κ3) is 5.94. The van der Waals surface area contributed by atoms with Crippen molar-refractivity contribution < 1.29 is 24.8 Å². The summed E-state index contributed by atoms with van der Waals surface area (Å²) in [5, 5.41) is 34.3. The predicted molar refractivity (Wildman–Crippen MR) is 115 cm³/mol. The second-order valence-corrected chi connectivity index (χ2v) is 8.29. The van der Waals surface area contributed by atoms with Gasteiger partial charge >= 0.3 is 0 Å². The summed E-state index contributed by atoms with van der Waals surface area (Å²) >= 11 is 0. The van der Waals surface area contributed by atoms with E-state index in [1.54, 1.807) is 0 Å². The Morgan fingerprint density at radius 2 is 1.63 bits per heavy atom. The summed E-state index contributed by atoms with van der Waals surface area (Å²) in [4.78, 5) is 4.47. The molecule has 1 aliphatic carbocycles. The number of hydrogen-bond acceptors (Lipinski definition) is 6. The van der Waals surface area contributed by atoms with Gasteiger partial charge in [-0.05, 0) is 12.0 Å². The second-order valence-electron chi connectivity index (χ2n) is 8.29. The van der Waals surface area contributed by atoms with Crippen molar-refractivity contribution in [3.05, 3.63) is 35.9 Å². The molecule has 0 bridgehead atoms. The highest BCUT2D eigenvalue weighted by Gasteiger charge is 2.55. The average Bonchev–Trinajstić information content (AvgIpc) is 3.19. The number of aliphatic hydroxyl groups is 3. The monoisotopic (exact) mass is 420 g/mol. The van der Waals surface area contributed by atoms with Gasteiger partial charge in [0.2, 0.25) is 0 Å². The van der Waals surface area contributed by atoms with Gasteiger partial charge in [0.1, 0.15) is 24.4 Å². The standard InChI is InChI=1S/C23H36N2O5/c1-2-3-4-5-6-7-11-14-24-23-25-17-21(29-15-16-12-9-8-10-13-16)19(27)18(26)20(28)22(17)30-23/h8-10,12-13,17-22,26-28H,2-7,11,14-15H2,1H3,(H,24,25)/t17-,18-,19-,20+,21-,22-/m0/s1. The Labute approximate surface area is 179 Å². The van der Waals surface area contributed by atoms with E-state index in [0.29, 0.717) is 19.2 Å². The first kappa shape index (κ1) is 23.0. The van der Waals surface area contributed by atoms with E-state index in [0.717, 1.165) is 18.4 Å². The maximum absolute atomic E-state index is 10.5. The van der Waals surface area contributed by atoms with Gasteiger partial charge in [0, 0.05) is 6.54 Å². The van der Waals surface area contributed by atoms with Crippen LogP contribution in [-0.4, -0.2) is 64.4 Å². The summed E-state index contributed by atoms with van der Waals surface area (Å²) in [7, 11) is 0. The highest BCUT2D eigenvalue weighted by molar-refractivity contribution is 5.76. The van der Waals surface area contributed by atoms with E-state index in [1.165, 1.54) is 32.1 Å². The van der Waals surface area contributed by atoms with Crippen molar-refractivity contribution in [2.75, 3.05) is 6.54 Å². The van der Waals surface area contributed by atoms with Crippen molar-refractivity contribution in [2.24, 2.45) is 4.99 Å². The molecule has 1 heterocycles. The maximum Gasteiger partial charge on any atom is 0.285 e. The van der Waals surface area contributed by atoms with Crippen LogP contribution in [0.2, 0.25) is 0 Å². The molecule has 0 amide bonds. The molecule has 0 radical (unpaired) electrons. The number of fused-ring (bicyclic) bond motifs is 1. The summed E-state index contributed by atoms with van der Waals surface area (Å²) in [6.07, 6.45) is 3.26. The lowest BCUT2D eigenvalue weighted by atomic mass is 9.83. The van der Waals surface area contributed by atoms with E-state index in [-0.39, 0.29) is 0 Å². The molecule has 1 aliphatic heterocycles. The van der Waals surface area contributed by atoms with Gasteiger partial charge in [-0.25, -0.2) is 4.99 Å². The first-order chi connectivity index (χ1) is 14.6. The number of nitrogens with one attached hydrogen (secondary N) is 1. The molecule has 2 fully saturated rings. The van der Waals surface area contributed by atoms with Gasteiger partial charge in [-0.2, -0.15) is 0 Å². The Kier molecular flexibility index (Phi) is 8.93. The molecule has 1 aromatic carbocycles. The molecule has 1 saturated carbocycles. The molecule has 1 saturated heterocycles. The van der Waals surface area contributed by atoms with Gasteiger partial charge in [0.05, 0.1) is 12.6 Å². The zero-order chi connectivity index (χ0) is 21.3. The van der Waals surface area contributed by atoms with Crippen LogP contribution in [0.5, 0.6) is 0 Å². The fraction of sp³-hybridized carbons (Fsp3) is 0.696. The predicted octanol–water partition coefficient (Wildman–Crippen LogP) is 2.13. The summed E-state index contributed by atoms with van der Waals surface area (Å²) < 4.78 is 11.7. The molecule has 4 N–H and O–H groups in total. The fourth-order valence-corrected chi connectivity index (χ4v) is 4.12. The molecule has 7 nitrogen and oxygen atoms in total. The first-order valence-electron chi connectivity index (χ1n) is 11.3. The smallest absolute Gasteiger partial charge is 0.285 e. The lowest BCUT2D eigenvalue weighted by molar-refractivity contribution is -0.191. The molecule has 3 rings (SSSR count). The van der Waals surface area contributed by atoms with Crippen molar-refractivity contribution >= 4 is 6.02 Å². The maximum atomic E-state index is 10.5. The van der Waals surface area contributed by atoms with Crippen molar-refractivity contribution in [2.45, 2.75) is 95.0 Å². The molecule has 168 valence electrons. The van der Waals surface area contributed by atoms with Gasteiger partial charge in [-0.15, -0.1) is 0 Å². The van der Waals surface area contributed by atoms with Crippen LogP contribution in [0.4, 0.5) is 0 Å². The number of rotatable bonds is 11. The number of nitrogens with zero attached hydrogens (tertiary/aromatic N) is 1. The zero-order valence-corrected chi connectivity index (χ0v) is 17.8. The minimum atomic E-state index is -1.34. The van der Waals surface area contributed by atoms with Gasteiger partial charge in [0.25, 0.3) is 6.02 Å². The minimum Gasteiger partial charge on any atom is -0.457 e. The number of aliphatic imine (C=N–C) groups is 1. The lowest BCUT2D eigenvalue weighted by Gasteiger charge is -2.41. The second kappa shape index (κ2) is 11.6. The first-order valence-corrected chi connectivity index (χ1v) is 11.3. The largest absolute Gasteiger partial charge is 0.457 e. The van der Waals surface area contributed by atoms with E-state index in [2.05, 4.69) is 17.2 Å². The Hall–Kier alpha value is -1.67. The van der Waals surface area contributed by atoms with Crippen LogP contribution in [0.1, 0.15) is 57.4 Å². The van der Waals surface area contributed by atoms with E-state index in [9.17, 15) is 15.3 Å². The van der Waals surface area contributed by atoms with Crippen molar-refractivity contribution in [1.82, 2.24) is 5.32 Å². The quantitative estimate of drug-likeness (QED) is 0.409. The van der Waals surface area contributed by atoms with Gasteiger partial charge in [0.15, 0.2) is 6.10 Å². The number of hydrogen-bond donors (Lipinski definition) is 4. The van der Waals surface area contributed by atoms with Crippen LogP contribution in [0.25, 0.3) is 0 Å². The average molecular weight is 421 g/mol. The Morgan fingerprint density at radius 1 is 0.933 bits per heavy atom. The van der Waals surface area contributed by atoms with Crippen LogP contribution >= 0.6 is 0 Å². The summed E-state index contributed by atoms with van der Waals surface area (Å²) in [6.45, 7) is 3.15. The fourth-order valence-electron chi connectivity index (χ4n) is 4.12. The van der Waals surface area contributed by atoms with Crippen molar-refractivity contribution in [3.63, 3.8) is 0 Å². The normalized spacial score (nSPS) is 31.9. The molecular formula is C23H36N2O5. The van der Waals surface area contributed by atoms with Crippen LogP contribution in [-0.2, 0) is 16.1 Å². The van der Waals surface area contributed by atoms with Gasteiger partial charge in [-0.1, -0.05) is 75.8 Å². The molecule has 7 heteroatoms. The molecule has 2 aliphatic rings. The highest BCUT2D eigenvalue weighted by Crippen LogP contribution is 2.30. The molecule has 0 aromatic heterocycles. The van der Waals surface area contributed by atoms with Gasteiger partial charge < -0.3 is 30.1 Å². The van der Waals surface area contributed by atoms with Crippen molar-refractivity contribution in [3.8, 4) is 0 Å². The van der Waals surface area contributed by atoms with Crippen LogP contribution in [0.15, 0.2) is 35.3 Å². The number of unbranched alkanes of at least 4 members (excludes halogenated alkanes) is 6. The molecule has 6 atom stereocenters. The highest BCUT2D eigenvalue weighted by atomic mass is 16.6. The topological polar surface area (TPSA) is 104 Å². The summed E-state index contributed by atoms with van der Waals surface area (Å²) in [6, 6.07) is 9.51. The molecule has 0 unspecified atom stereocenters. The van der Waals surface area contributed by atoms with Crippen molar-refractivity contribution in [1.29, 1.82) is 0 Å². The Morgan fingerprint density at radius 3 is 2.37 bits per heavy atom. The Bertz CT molecular complexity index is 656. The van der Waals surface area contributed by atoms with E-state index in [4.69, 9.17) is 9.47 Å². The number of benzene rings is 1. The summed E-state index contributed by atoms with van der Waals surface area (Å²) in [5.41, 5.74) is 0.966. The van der Waals surface area contributed by atoms with Gasteiger partial charge in [-0.3, -0.25) is 0 Å². The van der Waals surface area contributed by atoms with Crippen LogP contribution < -0.4 is 5.32 Å². The number of aliphatic hydroxyl groups excluding tert-OH is 3. The molecule has 30 heavy (non-hydrogen) atoms. The SMILES string of the molecule is CCCCCCCCCN=C1N[C@@H]2[C@H](O1)[C@H](O)[C@@H](O)[C@H](O)[C@H]2OCc1ccccc1. The van der Waals surface area contributed by atoms with Crippen LogP contribution in [0.3, 0.4) is 0 Å².